The van der Waals surface area contributed by atoms with Gasteiger partial charge in [-0.05, 0) is 68.6 Å². The van der Waals surface area contributed by atoms with Crippen molar-refractivity contribution < 1.29 is 9.53 Å². The maximum absolute atomic E-state index is 14.0. The van der Waals surface area contributed by atoms with Crippen molar-refractivity contribution in [2.45, 2.75) is 181 Å². The van der Waals surface area contributed by atoms with Gasteiger partial charge in [-0.3, -0.25) is 4.79 Å². The number of carbonyl (C=O) groups is 1. The van der Waals surface area contributed by atoms with E-state index >= 15 is 0 Å². The summed E-state index contributed by atoms with van der Waals surface area (Å²) >= 11 is 0. The first-order chi connectivity index (χ1) is 17.7. The van der Waals surface area contributed by atoms with Gasteiger partial charge in [-0.2, -0.15) is 0 Å². The molecule has 3 aliphatic carbocycles. The molecule has 0 atom stereocenters. The predicted molar refractivity (Wildman–Crippen MR) is 154 cm³/mol. The molecule has 0 bridgehead atoms. The third-order valence-electron chi connectivity index (χ3n) is 10.9. The molecule has 0 spiro atoms. The van der Waals surface area contributed by atoms with E-state index in [4.69, 9.17) is 4.74 Å². The van der Waals surface area contributed by atoms with Crippen LogP contribution in [0.4, 0.5) is 0 Å². The van der Waals surface area contributed by atoms with E-state index in [9.17, 15) is 4.79 Å². The Kier molecular flexibility index (Phi) is 13.7. The summed E-state index contributed by atoms with van der Waals surface area (Å²) in [6.07, 6.45) is 34.4. The lowest BCUT2D eigenvalue weighted by molar-refractivity contribution is -0.175. The average molecular weight is 503 g/mol. The van der Waals surface area contributed by atoms with E-state index in [2.05, 4.69) is 13.8 Å². The van der Waals surface area contributed by atoms with Crippen LogP contribution in [0.5, 0.6) is 0 Å². The minimum Gasteiger partial charge on any atom is -0.465 e. The molecular weight excluding hydrogens is 440 g/mol. The first-order valence-corrected chi connectivity index (χ1v) is 16.8. The molecular formula is C34H62O2. The van der Waals surface area contributed by atoms with E-state index in [1.54, 1.807) is 0 Å². The largest absolute Gasteiger partial charge is 0.465 e. The van der Waals surface area contributed by atoms with Crippen LogP contribution in [0.2, 0.25) is 0 Å². The molecule has 0 saturated heterocycles. The number of hydrogen-bond donors (Lipinski definition) is 0. The van der Waals surface area contributed by atoms with Crippen molar-refractivity contribution in [2.75, 3.05) is 6.61 Å². The first kappa shape index (κ1) is 30.0. The Morgan fingerprint density at radius 3 is 1.78 bits per heavy atom. The highest BCUT2D eigenvalue weighted by Gasteiger charge is 2.57. The summed E-state index contributed by atoms with van der Waals surface area (Å²) in [5, 5.41) is 0. The van der Waals surface area contributed by atoms with Gasteiger partial charge < -0.3 is 4.74 Å². The highest BCUT2D eigenvalue weighted by atomic mass is 16.5. The lowest BCUT2D eigenvalue weighted by Gasteiger charge is -2.55. The molecule has 3 aliphatic rings. The molecule has 2 heteroatoms. The van der Waals surface area contributed by atoms with Gasteiger partial charge in [0.1, 0.15) is 0 Å². The molecule has 3 rings (SSSR count). The van der Waals surface area contributed by atoms with E-state index in [1.165, 1.54) is 148 Å². The number of unbranched alkanes of at least 4 members (excludes halogenated alkanes) is 9. The summed E-state index contributed by atoms with van der Waals surface area (Å²) in [6, 6.07) is 0. The number of carbonyl (C=O) groups excluding carboxylic acids is 1. The maximum atomic E-state index is 14.0. The van der Waals surface area contributed by atoms with Crippen molar-refractivity contribution in [3.05, 3.63) is 0 Å². The molecule has 0 radical (unpaired) electrons. The van der Waals surface area contributed by atoms with E-state index in [0.717, 1.165) is 31.1 Å². The molecule has 0 N–H and O–H groups in total. The third kappa shape index (κ3) is 8.23. The first-order valence-electron chi connectivity index (χ1n) is 16.8. The Hall–Kier alpha value is -0.530. The van der Waals surface area contributed by atoms with Gasteiger partial charge >= 0.3 is 5.97 Å². The second kappa shape index (κ2) is 16.4. The normalized spacial score (nSPS) is 27.1. The molecule has 36 heavy (non-hydrogen) atoms. The van der Waals surface area contributed by atoms with Crippen LogP contribution in [0.25, 0.3) is 0 Å². The Balaban J connectivity index is 1.67. The van der Waals surface area contributed by atoms with Crippen molar-refractivity contribution in [3.63, 3.8) is 0 Å². The van der Waals surface area contributed by atoms with Crippen LogP contribution in [-0.4, -0.2) is 12.6 Å². The lowest BCUT2D eigenvalue weighted by Crippen LogP contribution is -2.52. The minimum atomic E-state index is -0.184. The number of ether oxygens (including phenoxy) is 1. The fourth-order valence-corrected chi connectivity index (χ4v) is 8.60. The zero-order valence-electron chi connectivity index (χ0n) is 24.6. The van der Waals surface area contributed by atoms with Crippen LogP contribution in [0.3, 0.4) is 0 Å². The molecule has 0 aliphatic heterocycles. The molecule has 0 aromatic heterocycles. The van der Waals surface area contributed by atoms with Crippen molar-refractivity contribution in [2.24, 2.45) is 22.7 Å². The fourth-order valence-electron chi connectivity index (χ4n) is 8.60. The van der Waals surface area contributed by atoms with Gasteiger partial charge in [-0.15, -0.1) is 0 Å². The second-order valence-electron chi connectivity index (χ2n) is 13.2. The van der Waals surface area contributed by atoms with Crippen LogP contribution in [-0.2, 0) is 9.53 Å². The number of esters is 1. The quantitative estimate of drug-likeness (QED) is 0.155. The number of hydrogen-bond acceptors (Lipinski definition) is 2. The molecule has 0 heterocycles. The SMILES string of the molecule is CCCCCCCCCC[C@]1(C2(C(=O)OCCCCC)CCCCC2)CC[C@@H](C2CCCCC2)CC1. The summed E-state index contributed by atoms with van der Waals surface area (Å²) in [5.74, 6) is 2.12. The maximum Gasteiger partial charge on any atom is 0.312 e. The van der Waals surface area contributed by atoms with Gasteiger partial charge in [0, 0.05) is 0 Å². The smallest absolute Gasteiger partial charge is 0.312 e. The molecule has 0 aromatic carbocycles. The highest BCUT2D eigenvalue weighted by Crippen LogP contribution is 2.61. The minimum absolute atomic E-state index is 0.184. The number of rotatable bonds is 16. The average Bonchev–Trinajstić information content (AvgIpc) is 2.93. The Labute approximate surface area is 225 Å². The van der Waals surface area contributed by atoms with Crippen molar-refractivity contribution >= 4 is 5.97 Å². The highest BCUT2D eigenvalue weighted by molar-refractivity contribution is 5.78. The van der Waals surface area contributed by atoms with Crippen LogP contribution in [0.1, 0.15) is 181 Å². The summed E-state index contributed by atoms with van der Waals surface area (Å²) in [6.45, 7) is 5.18. The van der Waals surface area contributed by atoms with Crippen molar-refractivity contribution in [1.29, 1.82) is 0 Å². The summed E-state index contributed by atoms with van der Waals surface area (Å²) in [4.78, 5) is 14.0. The topological polar surface area (TPSA) is 26.3 Å². The fraction of sp³-hybridized carbons (Fsp3) is 0.971. The zero-order chi connectivity index (χ0) is 25.5. The van der Waals surface area contributed by atoms with Gasteiger partial charge in [-0.1, -0.05) is 129 Å². The van der Waals surface area contributed by atoms with Gasteiger partial charge in [0.25, 0.3) is 0 Å². The van der Waals surface area contributed by atoms with E-state index < -0.39 is 0 Å². The van der Waals surface area contributed by atoms with Gasteiger partial charge in [0.05, 0.1) is 12.0 Å². The lowest BCUT2D eigenvalue weighted by atomic mass is 9.49. The molecule has 0 amide bonds. The molecule has 210 valence electrons. The predicted octanol–water partition coefficient (Wildman–Crippen LogP) is 11.0. The third-order valence-corrected chi connectivity index (χ3v) is 10.9. The van der Waals surface area contributed by atoms with E-state index in [0.29, 0.717) is 6.61 Å². The molecule has 0 unspecified atom stereocenters. The second-order valence-corrected chi connectivity index (χ2v) is 13.2. The standard InChI is InChI=1S/C34H62O2/c1-3-5-7-8-9-10-11-16-24-33(27-22-31(23-28-33)30-20-14-12-15-21-30)34(25-17-13-18-26-34)32(35)36-29-19-6-4-2/h30-31H,3-29H2,1-2H3/t31-,33+. The van der Waals surface area contributed by atoms with Gasteiger partial charge in [-0.25, -0.2) is 0 Å². The molecule has 2 nitrogen and oxygen atoms in total. The van der Waals surface area contributed by atoms with Crippen molar-refractivity contribution in [1.82, 2.24) is 0 Å². The monoisotopic (exact) mass is 502 g/mol. The summed E-state index contributed by atoms with van der Waals surface area (Å²) in [7, 11) is 0. The molecule has 3 fully saturated rings. The Morgan fingerprint density at radius 1 is 0.611 bits per heavy atom. The Bertz CT molecular complexity index is 576. The molecule has 0 aromatic rings. The van der Waals surface area contributed by atoms with E-state index in [-0.39, 0.29) is 16.8 Å². The van der Waals surface area contributed by atoms with Crippen LogP contribution >= 0.6 is 0 Å². The van der Waals surface area contributed by atoms with Crippen LogP contribution in [0, 0.1) is 22.7 Å². The summed E-state index contributed by atoms with van der Waals surface area (Å²) in [5.41, 5.74) is 0.0265. The van der Waals surface area contributed by atoms with E-state index in [1.807, 2.05) is 0 Å². The van der Waals surface area contributed by atoms with Crippen molar-refractivity contribution in [3.8, 4) is 0 Å². The van der Waals surface area contributed by atoms with Gasteiger partial charge in [0.2, 0.25) is 0 Å². The van der Waals surface area contributed by atoms with Crippen LogP contribution in [0.15, 0.2) is 0 Å². The Morgan fingerprint density at radius 2 is 1.14 bits per heavy atom. The molecule has 3 saturated carbocycles. The zero-order valence-corrected chi connectivity index (χ0v) is 24.6. The van der Waals surface area contributed by atoms with Gasteiger partial charge in [0.15, 0.2) is 0 Å². The van der Waals surface area contributed by atoms with Crippen LogP contribution < -0.4 is 0 Å². The summed E-state index contributed by atoms with van der Waals surface area (Å²) < 4.78 is 6.15.